The Morgan fingerprint density at radius 3 is 2.91 bits per heavy atom. The van der Waals surface area contributed by atoms with Crippen molar-refractivity contribution in [1.29, 1.82) is 0 Å². The van der Waals surface area contributed by atoms with E-state index in [9.17, 15) is 14.5 Å². The van der Waals surface area contributed by atoms with Crippen molar-refractivity contribution in [3.8, 4) is 11.5 Å². The van der Waals surface area contributed by atoms with E-state index in [1.807, 2.05) is 13.3 Å². The van der Waals surface area contributed by atoms with Crippen LogP contribution in [0.4, 0.5) is 0 Å². The van der Waals surface area contributed by atoms with Gasteiger partial charge in [0.1, 0.15) is 6.10 Å². The zero-order valence-corrected chi connectivity index (χ0v) is 20.8. The summed E-state index contributed by atoms with van der Waals surface area (Å²) in [6, 6.07) is 2.13. The molecule has 8 heteroatoms. The number of carbonyl (C=O) groups is 1. The maximum absolute atomic E-state index is 13.3. The molecule has 4 aliphatic rings. The van der Waals surface area contributed by atoms with Crippen LogP contribution in [0, 0.1) is 5.92 Å². The molecule has 32 heavy (non-hydrogen) atoms. The maximum Gasteiger partial charge on any atom is 0.220 e. The van der Waals surface area contributed by atoms with Gasteiger partial charge in [0.15, 0.2) is 11.5 Å². The highest BCUT2D eigenvalue weighted by molar-refractivity contribution is 7.80. The van der Waals surface area contributed by atoms with Crippen LogP contribution in [0.5, 0.6) is 11.5 Å². The average Bonchev–Trinajstić information content (AvgIpc) is 3.08. The molecule has 2 N–H and O–H groups in total. The van der Waals surface area contributed by atoms with Gasteiger partial charge in [0.2, 0.25) is 5.91 Å². The number of nitrogens with one attached hydrogen (secondary N) is 1. The van der Waals surface area contributed by atoms with Gasteiger partial charge in [-0.25, -0.2) is 0 Å². The highest BCUT2D eigenvalue weighted by atomic mass is 32.1. The zero-order chi connectivity index (χ0) is 22.8. The minimum absolute atomic E-state index is 0.00287. The summed E-state index contributed by atoms with van der Waals surface area (Å²) in [7, 11) is -0.269. The second kappa shape index (κ2) is 7.82. The molecule has 2 heterocycles. The monoisotopic (exact) mass is 476 g/mol. The Balaban J connectivity index is 1.61. The first kappa shape index (κ1) is 22.4. The number of aryl methyl sites for hydroxylation is 1. The van der Waals surface area contributed by atoms with Gasteiger partial charge in [-0.15, -0.1) is 0 Å². The molecule has 2 aliphatic carbocycles. The summed E-state index contributed by atoms with van der Waals surface area (Å²) >= 11 is 4.15. The smallest absolute Gasteiger partial charge is 0.220 e. The second-order valence-electron chi connectivity index (χ2n) is 10.2. The molecule has 0 saturated carbocycles. The van der Waals surface area contributed by atoms with E-state index in [4.69, 9.17) is 4.74 Å². The Morgan fingerprint density at radius 1 is 1.41 bits per heavy atom. The Labute approximate surface area is 195 Å². The number of phenols is 1. The Hall–Kier alpha value is -1.43. The number of amides is 1. The van der Waals surface area contributed by atoms with Gasteiger partial charge in [-0.2, -0.15) is 12.6 Å². The van der Waals surface area contributed by atoms with E-state index in [2.05, 4.69) is 42.0 Å². The molecule has 6 nitrogen and oxygen atoms in total. The van der Waals surface area contributed by atoms with Gasteiger partial charge in [0, 0.05) is 41.7 Å². The summed E-state index contributed by atoms with van der Waals surface area (Å²) in [6.45, 7) is 5.20. The summed E-state index contributed by atoms with van der Waals surface area (Å²) in [6.07, 6.45) is 6.95. The fourth-order valence-electron chi connectivity index (χ4n) is 6.69. The number of hydrogen-bond acceptors (Lipinski definition) is 6. The molecule has 1 spiro atoms. The Morgan fingerprint density at radius 2 is 2.19 bits per heavy atom. The molecule has 2 bridgehead atoms. The van der Waals surface area contributed by atoms with Crippen molar-refractivity contribution in [2.45, 2.75) is 48.9 Å². The lowest BCUT2D eigenvalue weighted by Gasteiger charge is -2.57. The molecule has 1 aromatic carbocycles. The fraction of sp³-hybridized carbons (Fsp3) is 0.625. The highest BCUT2D eigenvalue weighted by Gasteiger charge is 2.65. The summed E-state index contributed by atoms with van der Waals surface area (Å²) < 4.78 is 19.8. The van der Waals surface area contributed by atoms with E-state index in [1.165, 1.54) is 5.56 Å². The molecule has 2 aliphatic heterocycles. The minimum atomic E-state index is -2.45. The lowest BCUT2D eigenvalue weighted by Crippen LogP contribution is -2.64. The number of phenolic OH excluding ortho intramolecular Hbond substituents is 1. The molecule has 0 radical (unpaired) electrons. The van der Waals surface area contributed by atoms with Crippen molar-refractivity contribution in [1.82, 2.24) is 10.2 Å². The van der Waals surface area contributed by atoms with E-state index in [0.29, 0.717) is 36.9 Å². The predicted octanol–water partition coefficient (Wildman–Crippen LogP) is 2.81. The van der Waals surface area contributed by atoms with Crippen LogP contribution in [-0.2, 0) is 27.6 Å². The van der Waals surface area contributed by atoms with Crippen LogP contribution in [0.25, 0.3) is 0 Å². The van der Waals surface area contributed by atoms with E-state index in [-0.39, 0.29) is 34.8 Å². The first-order chi connectivity index (χ1) is 15.2. The van der Waals surface area contributed by atoms with Crippen molar-refractivity contribution < 1.29 is 19.2 Å². The van der Waals surface area contributed by atoms with Crippen LogP contribution in [0.15, 0.2) is 18.2 Å². The second-order valence-corrected chi connectivity index (χ2v) is 14.1. The summed E-state index contributed by atoms with van der Waals surface area (Å²) in [5.74, 6) is 1.62. The molecule has 5 atom stereocenters. The molecule has 1 unspecified atom stereocenters. The van der Waals surface area contributed by atoms with Crippen LogP contribution in [0.2, 0.25) is 0 Å². The fourth-order valence-corrected chi connectivity index (χ4v) is 8.29. The number of benzene rings is 1. The number of carbonyl (C=O) groups excluding carboxylic acids is 1. The molecule has 1 saturated heterocycles. The Bertz CT molecular complexity index is 1040. The highest BCUT2D eigenvalue weighted by Crippen LogP contribution is 2.66. The quantitative estimate of drug-likeness (QED) is 0.334. The van der Waals surface area contributed by atoms with Crippen LogP contribution >= 0.6 is 19.8 Å². The molecule has 1 aromatic rings. The van der Waals surface area contributed by atoms with Gasteiger partial charge in [0.05, 0.1) is 12.8 Å². The SMILES string of the molecule is CN1CC[C@]23c4c5c(CCC(=O)NCCS)cc(O)c4O[C@H]2[C@@H](P(C)(C)=O)C=CC3[C@H]1C5. The number of rotatable bonds is 6. The predicted molar refractivity (Wildman–Crippen MR) is 130 cm³/mol. The van der Waals surface area contributed by atoms with Gasteiger partial charge in [-0.05, 0) is 63.4 Å². The normalized spacial score (nSPS) is 32.4. The topological polar surface area (TPSA) is 78.9 Å². The van der Waals surface area contributed by atoms with Crippen molar-refractivity contribution in [3.63, 3.8) is 0 Å². The number of aromatic hydroxyl groups is 1. The van der Waals surface area contributed by atoms with Crippen molar-refractivity contribution in [3.05, 3.63) is 34.9 Å². The molecule has 1 amide bonds. The third-order valence-corrected chi connectivity index (χ3v) is 10.2. The first-order valence-electron chi connectivity index (χ1n) is 11.5. The van der Waals surface area contributed by atoms with Gasteiger partial charge >= 0.3 is 0 Å². The third-order valence-electron chi connectivity index (χ3n) is 8.14. The lowest BCUT2D eigenvalue weighted by molar-refractivity contribution is -0.120. The maximum atomic E-state index is 13.3. The molecule has 0 aromatic heterocycles. The summed E-state index contributed by atoms with van der Waals surface area (Å²) in [5, 5.41) is 13.9. The van der Waals surface area contributed by atoms with Crippen LogP contribution in [0.1, 0.15) is 29.5 Å². The first-order valence-corrected chi connectivity index (χ1v) is 14.8. The van der Waals surface area contributed by atoms with Gasteiger partial charge in [-0.3, -0.25) is 4.79 Å². The van der Waals surface area contributed by atoms with E-state index < -0.39 is 7.14 Å². The number of ether oxygens (including phenoxy) is 1. The molecule has 1 fully saturated rings. The molecular weight excluding hydrogens is 443 g/mol. The van der Waals surface area contributed by atoms with E-state index >= 15 is 0 Å². The number of piperidine rings is 1. The zero-order valence-electron chi connectivity index (χ0n) is 19.0. The van der Waals surface area contributed by atoms with Crippen LogP contribution < -0.4 is 10.1 Å². The van der Waals surface area contributed by atoms with Gasteiger partial charge in [-0.1, -0.05) is 12.2 Å². The molecule has 174 valence electrons. The minimum Gasteiger partial charge on any atom is -0.504 e. The van der Waals surface area contributed by atoms with Crippen molar-refractivity contribution in [2.24, 2.45) is 5.92 Å². The number of likely N-dealkylation sites (tertiary alicyclic amines) is 1. The Kier molecular flexibility index (Phi) is 5.46. The standard InChI is InChI=1S/C24H33N2O4PS/c1-26-10-8-24-16-5-6-19(31(2,3)29)23(24)30-22-18(27)12-14(4-7-20(28)25-9-11-32)15(21(22)24)13-17(16)26/h5-6,12,16-17,19,23,27,32H,4,7-11,13H2,1-3H3,(H,25,28)/t16?,17-,19+,23+,24+/m1/s1. The van der Waals surface area contributed by atoms with Gasteiger partial charge < -0.3 is 24.6 Å². The third kappa shape index (κ3) is 3.19. The molecular formula is C24H33N2O4PS. The summed E-state index contributed by atoms with van der Waals surface area (Å²) in [5.41, 5.74) is 2.97. The largest absolute Gasteiger partial charge is 0.504 e. The van der Waals surface area contributed by atoms with Crippen molar-refractivity contribution >= 4 is 25.7 Å². The van der Waals surface area contributed by atoms with Crippen LogP contribution in [0.3, 0.4) is 0 Å². The lowest BCUT2D eigenvalue weighted by atomic mass is 9.53. The molecule has 5 rings (SSSR count). The van der Waals surface area contributed by atoms with E-state index in [1.54, 1.807) is 6.07 Å². The summed E-state index contributed by atoms with van der Waals surface area (Å²) in [4.78, 5) is 14.7. The van der Waals surface area contributed by atoms with Gasteiger partial charge in [0.25, 0.3) is 0 Å². The number of thiol groups is 1. The average molecular weight is 477 g/mol. The van der Waals surface area contributed by atoms with Crippen molar-refractivity contribution in [2.75, 3.05) is 39.2 Å². The number of likely N-dealkylation sites (N-methyl/N-ethyl adjacent to an activating group) is 1. The number of hydrogen-bond donors (Lipinski definition) is 3. The van der Waals surface area contributed by atoms with Crippen LogP contribution in [-0.4, -0.2) is 72.9 Å². The van der Waals surface area contributed by atoms with E-state index in [0.717, 1.165) is 30.5 Å². The number of nitrogens with zero attached hydrogens (tertiary/aromatic N) is 1.